The maximum Gasteiger partial charge on any atom is 0.231 e. The predicted octanol–water partition coefficient (Wildman–Crippen LogP) is 4.72. The van der Waals surface area contributed by atoms with E-state index in [9.17, 15) is 9.90 Å². The molecule has 0 saturated carbocycles. The van der Waals surface area contributed by atoms with Gasteiger partial charge in [0.05, 0.1) is 11.1 Å². The number of ketones is 1. The standard InChI is InChI=1S/C24H24N2O3/c1-15-8-10-26(11-9-15)14-19-21(27)7-6-18-23(28)22(29-24(18)19)12-16-13-25-20-5-3-2-4-17(16)20/h2-7,12-13,15,25,27H,8-11,14H2,1H3/b22-12-. The van der Waals surface area contributed by atoms with Crippen molar-refractivity contribution in [2.75, 3.05) is 13.1 Å². The lowest BCUT2D eigenvalue weighted by Gasteiger charge is -2.30. The first kappa shape index (κ1) is 18.0. The number of para-hydroxylation sites is 1. The largest absolute Gasteiger partial charge is 0.507 e. The molecule has 0 aliphatic carbocycles. The third kappa shape index (κ3) is 3.21. The Balaban J connectivity index is 1.47. The maximum absolute atomic E-state index is 13.0. The van der Waals surface area contributed by atoms with Crippen LogP contribution in [0.2, 0.25) is 0 Å². The Hall–Kier alpha value is -3.05. The van der Waals surface area contributed by atoms with Crippen molar-refractivity contribution in [2.24, 2.45) is 5.92 Å². The Kier molecular flexibility index (Phi) is 4.40. The molecule has 148 valence electrons. The molecule has 0 spiro atoms. The van der Waals surface area contributed by atoms with E-state index in [4.69, 9.17) is 4.74 Å². The molecule has 2 N–H and O–H groups in total. The number of phenols is 1. The quantitative estimate of drug-likeness (QED) is 0.637. The van der Waals surface area contributed by atoms with E-state index in [0.29, 0.717) is 29.2 Å². The summed E-state index contributed by atoms with van der Waals surface area (Å²) in [6.07, 6.45) is 5.97. The number of allylic oxidation sites excluding steroid dienone is 1. The summed E-state index contributed by atoms with van der Waals surface area (Å²) in [5.74, 6) is 1.58. The summed E-state index contributed by atoms with van der Waals surface area (Å²) >= 11 is 0. The van der Waals surface area contributed by atoms with E-state index in [-0.39, 0.29) is 11.5 Å². The summed E-state index contributed by atoms with van der Waals surface area (Å²) in [6, 6.07) is 11.2. The van der Waals surface area contributed by atoms with Crippen LogP contribution in [0.15, 0.2) is 48.4 Å². The number of aromatic nitrogens is 1. The second-order valence-corrected chi connectivity index (χ2v) is 8.13. The summed E-state index contributed by atoms with van der Waals surface area (Å²) in [5, 5.41) is 11.5. The molecule has 0 amide bonds. The van der Waals surface area contributed by atoms with Crippen molar-refractivity contribution in [1.29, 1.82) is 0 Å². The molecule has 3 aromatic rings. The molecule has 1 saturated heterocycles. The number of likely N-dealkylation sites (tertiary alicyclic amines) is 1. The zero-order chi connectivity index (χ0) is 20.0. The number of nitrogens with zero attached hydrogens (tertiary/aromatic N) is 1. The topological polar surface area (TPSA) is 65.6 Å². The van der Waals surface area contributed by atoms with Crippen molar-refractivity contribution in [3.05, 3.63) is 65.0 Å². The Morgan fingerprint density at radius 2 is 2.00 bits per heavy atom. The van der Waals surface area contributed by atoms with Gasteiger partial charge in [-0.2, -0.15) is 0 Å². The highest BCUT2D eigenvalue weighted by Crippen LogP contribution is 2.40. The minimum atomic E-state index is -0.140. The number of aromatic hydroxyl groups is 1. The van der Waals surface area contributed by atoms with Crippen molar-refractivity contribution in [3.8, 4) is 11.5 Å². The van der Waals surface area contributed by atoms with Crippen molar-refractivity contribution in [2.45, 2.75) is 26.3 Å². The van der Waals surface area contributed by atoms with Crippen LogP contribution in [-0.2, 0) is 6.54 Å². The van der Waals surface area contributed by atoms with Crippen LogP contribution in [-0.4, -0.2) is 33.9 Å². The molecule has 0 atom stereocenters. The molecular formula is C24H24N2O3. The van der Waals surface area contributed by atoms with Gasteiger partial charge in [0.1, 0.15) is 11.5 Å². The van der Waals surface area contributed by atoms with Crippen LogP contribution >= 0.6 is 0 Å². The highest BCUT2D eigenvalue weighted by molar-refractivity contribution is 6.15. The second-order valence-electron chi connectivity index (χ2n) is 8.13. The number of rotatable bonds is 3. The first-order valence-electron chi connectivity index (χ1n) is 10.2. The van der Waals surface area contributed by atoms with Gasteiger partial charge in [-0.15, -0.1) is 0 Å². The number of H-pyrrole nitrogens is 1. The van der Waals surface area contributed by atoms with Crippen LogP contribution < -0.4 is 4.74 Å². The highest BCUT2D eigenvalue weighted by Gasteiger charge is 2.32. The minimum Gasteiger partial charge on any atom is -0.507 e. The van der Waals surface area contributed by atoms with Crippen molar-refractivity contribution < 1.29 is 14.6 Å². The van der Waals surface area contributed by atoms with E-state index in [1.165, 1.54) is 0 Å². The molecule has 2 aliphatic heterocycles. The van der Waals surface area contributed by atoms with E-state index < -0.39 is 0 Å². The van der Waals surface area contributed by atoms with Gasteiger partial charge in [-0.1, -0.05) is 25.1 Å². The molecule has 5 rings (SSSR count). The molecule has 3 heterocycles. The van der Waals surface area contributed by atoms with Crippen molar-refractivity contribution >= 4 is 22.8 Å². The molecule has 2 aromatic carbocycles. The lowest BCUT2D eigenvalue weighted by atomic mass is 9.98. The Labute approximate surface area is 169 Å². The molecule has 1 aromatic heterocycles. The fourth-order valence-electron chi connectivity index (χ4n) is 4.25. The van der Waals surface area contributed by atoms with Gasteiger partial charge in [0.2, 0.25) is 5.78 Å². The van der Waals surface area contributed by atoms with Gasteiger partial charge in [-0.3, -0.25) is 9.69 Å². The molecule has 5 heteroatoms. The van der Waals surface area contributed by atoms with Crippen LogP contribution in [0.4, 0.5) is 0 Å². The maximum atomic E-state index is 13.0. The Morgan fingerprint density at radius 1 is 1.21 bits per heavy atom. The van der Waals surface area contributed by atoms with Crippen LogP contribution in [0.3, 0.4) is 0 Å². The number of piperidine rings is 1. The first-order chi connectivity index (χ1) is 14.1. The van der Waals surface area contributed by atoms with Gasteiger partial charge < -0.3 is 14.8 Å². The number of benzene rings is 2. The molecule has 5 nitrogen and oxygen atoms in total. The fourth-order valence-corrected chi connectivity index (χ4v) is 4.25. The number of aromatic amines is 1. The van der Waals surface area contributed by atoms with E-state index in [1.54, 1.807) is 18.2 Å². The average Bonchev–Trinajstić information content (AvgIpc) is 3.28. The number of hydrogen-bond acceptors (Lipinski definition) is 4. The first-order valence-corrected chi connectivity index (χ1v) is 10.2. The molecule has 0 bridgehead atoms. The monoisotopic (exact) mass is 388 g/mol. The van der Waals surface area contributed by atoms with Crippen LogP contribution in [0.25, 0.3) is 17.0 Å². The number of carbonyl (C=O) groups excluding carboxylic acids is 1. The van der Waals surface area contributed by atoms with Crippen molar-refractivity contribution in [1.82, 2.24) is 9.88 Å². The smallest absolute Gasteiger partial charge is 0.231 e. The number of fused-ring (bicyclic) bond motifs is 2. The normalized spacial score (nSPS) is 19.1. The molecular weight excluding hydrogens is 364 g/mol. The summed E-state index contributed by atoms with van der Waals surface area (Å²) in [6.45, 7) is 4.86. The van der Waals surface area contributed by atoms with Crippen molar-refractivity contribution in [3.63, 3.8) is 0 Å². The zero-order valence-electron chi connectivity index (χ0n) is 16.4. The van der Waals surface area contributed by atoms with Crippen LogP contribution in [0.1, 0.15) is 41.3 Å². The van der Waals surface area contributed by atoms with E-state index in [0.717, 1.165) is 48.3 Å². The van der Waals surface area contributed by atoms with Gasteiger partial charge in [-0.05, 0) is 56.1 Å². The molecule has 1 fully saturated rings. The number of carbonyl (C=O) groups is 1. The van der Waals surface area contributed by atoms with Gasteiger partial charge in [0, 0.05) is 29.2 Å². The third-order valence-electron chi connectivity index (χ3n) is 6.08. The molecule has 29 heavy (non-hydrogen) atoms. The Morgan fingerprint density at radius 3 is 2.83 bits per heavy atom. The number of nitrogens with one attached hydrogen (secondary N) is 1. The minimum absolute atomic E-state index is 0.140. The molecule has 0 radical (unpaired) electrons. The fraction of sp³-hybridized carbons (Fsp3) is 0.292. The summed E-state index contributed by atoms with van der Waals surface area (Å²) in [4.78, 5) is 18.5. The van der Waals surface area contributed by atoms with Gasteiger partial charge in [-0.25, -0.2) is 0 Å². The molecule has 0 unspecified atom stereocenters. The van der Waals surface area contributed by atoms with Gasteiger partial charge in [0.15, 0.2) is 5.76 Å². The average molecular weight is 388 g/mol. The van der Waals surface area contributed by atoms with E-state index >= 15 is 0 Å². The van der Waals surface area contributed by atoms with Gasteiger partial charge >= 0.3 is 0 Å². The lowest BCUT2D eigenvalue weighted by molar-refractivity contribution is 0.101. The zero-order valence-corrected chi connectivity index (χ0v) is 16.4. The van der Waals surface area contributed by atoms with E-state index in [1.807, 2.05) is 30.5 Å². The predicted molar refractivity (Wildman–Crippen MR) is 113 cm³/mol. The number of Topliss-reactive ketones (excluding diaryl/α,β-unsaturated/α-hetero) is 1. The highest BCUT2D eigenvalue weighted by atomic mass is 16.5. The number of ether oxygens (including phenoxy) is 1. The van der Waals surface area contributed by atoms with Crippen LogP contribution in [0.5, 0.6) is 11.5 Å². The van der Waals surface area contributed by atoms with E-state index in [2.05, 4.69) is 16.8 Å². The third-order valence-corrected chi connectivity index (χ3v) is 6.08. The molecule has 2 aliphatic rings. The number of hydrogen-bond donors (Lipinski definition) is 2. The van der Waals surface area contributed by atoms with Crippen LogP contribution in [0, 0.1) is 5.92 Å². The Bertz CT molecular complexity index is 1120. The summed E-state index contributed by atoms with van der Waals surface area (Å²) in [5.41, 5.74) is 3.15. The summed E-state index contributed by atoms with van der Waals surface area (Å²) < 4.78 is 6.03. The SMILES string of the molecule is CC1CCN(Cc2c(O)ccc3c2O/C(=C\c2c[nH]c4ccccc24)C3=O)CC1. The number of phenolic OH excluding ortho intramolecular Hbond substituents is 1. The second kappa shape index (κ2) is 7.08. The van der Waals surface area contributed by atoms with Gasteiger partial charge in [0.25, 0.3) is 0 Å². The summed E-state index contributed by atoms with van der Waals surface area (Å²) in [7, 11) is 0. The lowest BCUT2D eigenvalue weighted by Crippen LogP contribution is -2.32.